The van der Waals surface area contributed by atoms with Gasteiger partial charge in [0.05, 0.1) is 6.42 Å². The molecule has 18 heavy (non-hydrogen) atoms. The average molecular weight is 271 g/mol. The van der Waals surface area contributed by atoms with Crippen molar-refractivity contribution in [3.8, 4) is 0 Å². The lowest BCUT2D eigenvalue weighted by molar-refractivity contribution is -0.121. The molecule has 5 heteroatoms. The van der Waals surface area contributed by atoms with Crippen molar-refractivity contribution in [1.82, 2.24) is 5.32 Å². The summed E-state index contributed by atoms with van der Waals surface area (Å²) in [6.45, 7) is 0. The first kappa shape index (κ1) is 13.3. The van der Waals surface area contributed by atoms with Crippen molar-refractivity contribution in [3.05, 3.63) is 34.6 Å². The molecule has 0 unspecified atom stereocenters. The quantitative estimate of drug-likeness (QED) is 0.883. The van der Waals surface area contributed by atoms with E-state index in [9.17, 15) is 9.18 Å². The molecule has 0 radical (unpaired) electrons. The second-order valence-corrected chi connectivity index (χ2v) is 5.23. The Morgan fingerprint density at radius 1 is 1.44 bits per heavy atom. The Hall–Kier alpha value is -1.13. The normalized spacial score (nSPS) is 23.1. The predicted molar refractivity (Wildman–Crippen MR) is 68.9 cm³/mol. The molecule has 1 fully saturated rings. The zero-order valence-electron chi connectivity index (χ0n) is 9.96. The summed E-state index contributed by atoms with van der Waals surface area (Å²) in [5.41, 5.74) is 6.36. The van der Waals surface area contributed by atoms with Crippen LogP contribution in [0.25, 0.3) is 0 Å². The molecule has 3 N–H and O–H groups in total. The fraction of sp³-hybridized carbons (Fsp3) is 0.462. The maximum Gasteiger partial charge on any atom is 0.224 e. The lowest BCUT2D eigenvalue weighted by atomic mass is 10.1. The zero-order valence-corrected chi connectivity index (χ0v) is 10.7. The first-order valence-corrected chi connectivity index (χ1v) is 6.40. The Bertz CT molecular complexity index is 432. The fourth-order valence-corrected chi connectivity index (χ4v) is 2.57. The third-order valence-corrected chi connectivity index (χ3v) is 3.34. The minimum Gasteiger partial charge on any atom is -0.353 e. The Balaban J connectivity index is 1.90. The van der Waals surface area contributed by atoms with Crippen LogP contribution >= 0.6 is 11.6 Å². The largest absolute Gasteiger partial charge is 0.353 e. The van der Waals surface area contributed by atoms with Crippen LogP contribution in [-0.4, -0.2) is 18.0 Å². The minimum atomic E-state index is -0.423. The Morgan fingerprint density at radius 2 is 2.22 bits per heavy atom. The van der Waals surface area contributed by atoms with Gasteiger partial charge in [0, 0.05) is 17.1 Å². The first-order chi connectivity index (χ1) is 8.52. The first-order valence-electron chi connectivity index (χ1n) is 6.03. The molecular formula is C13H16ClFN2O. The van der Waals surface area contributed by atoms with Gasteiger partial charge in [0.15, 0.2) is 0 Å². The molecule has 1 aromatic carbocycles. The Kier molecular flexibility index (Phi) is 4.19. The second-order valence-electron chi connectivity index (χ2n) is 4.79. The molecule has 2 rings (SSSR count). The van der Waals surface area contributed by atoms with Gasteiger partial charge in [0.1, 0.15) is 5.82 Å². The lowest BCUT2D eigenvalue weighted by Crippen LogP contribution is -2.35. The smallest absolute Gasteiger partial charge is 0.224 e. The van der Waals surface area contributed by atoms with Gasteiger partial charge in [-0.25, -0.2) is 4.39 Å². The summed E-state index contributed by atoms with van der Waals surface area (Å²) >= 11 is 5.73. The third-order valence-electron chi connectivity index (χ3n) is 3.13. The average Bonchev–Trinajstić information content (AvgIpc) is 2.61. The number of halogens is 2. The SMILES string of the molecule is N[C@H]1CC[C@H](NC(=O)Cc2cc(F)cc(Cl)c2)C1. The van der Waals surface area contributed by atoms with E-state index in [-0.39, 0.29) is 24.4 Å². The van der Waals surface area contributed by atoms with Crippen molar-refractivity contribution in [1.29, 1.82) is 0 Å². The van der Waals surface area contributed by atoms with Crippen LogP contribution in [0.15, 0.2) is 18.2 Å². The van der Waals surface area contributed by atoms with Gasteiger partial charge in [-0.2, -0.15) is 0 Å². The highest BCUT2D eigenvalue weighted by molar-refractivity contribution is 6.30. The van der Waals surface area contributed by atoms with Crippen molar-refractivity contribution in [2.24, 2.45) is 5.73 Å². The molecule has 0 spiro atoms. The number of hydrogen-bond donors (Lipinski definition) is 2. The van der Waals surface area contributed by atoms with Crippen LogP contribution in [0, 0.1) is 5.82 Å². The summed E-state index contributed by atoms with van der Waals surface area (Å²) in [6, 6.07) is 4.48. The number of nitrogens with one attached hydrogen (secondary N) is 1. The second kappa shape index (κ2) is 5.67. The summed E-state index contributed by atoms with van der Waals surface area (Å²) < 4.78 is 13.1. The molecular weight excluding hydrogens is 255 g/mol. The van der Waals surface area contributed by atoms with E-state index in [2.05, 4.69) is 5.32 Å². The van der Waals surface area contributed by atoms with E-state index >= 15 is 0 Å². The van der Waals surface area contributed by atoms with Crippen molar-refractivity contribution >= 4 is 17.5 Å². The van der Waals surface area contributed by atoms with Crippen LogP contribution in [0.3, 0.4) is 0 Å². The minimum absolute atomic E-state index is 0.115. The van der Waals surface area contributed by atoms with Gasteiger partial charge in [-0.3, -0.25) is 4.79 Å². The summed E-state index contributed by atoms with van der Waals surface area (Å²) in [5.74, 6) is -0.538. The van der Waals surface area contributed by atoms with Crippen molar-refractivity contribution in [3.63, 3.8) is 0 Å². The molecule has 1 saturated carbocycles. The van der Waals surface area contributed by atoms with Crippen LogP contribution in [0.2, 0.25) is 5.02 Å². The number of hydrogen-bond acceptors (Lipinski definition) is 2. The third kappa shape index (κ3) is 3.68. The molecule has 2 atom stereocenters. The van der Waals surface area contributed by atoms with Crippen LogP contribution in [0.5, 0.6) is 0 Å². The summed E-state index contributed by atoms with van der Waals surface area (Å²) in [7, 11) is 0. The molecule has 0 bridgehead atoms. The highest BCUT2D eigenvalue weighted by atomic mass is 35.5. The highest BCUT2D eigenvalue weighted by Crippen LogP contribution is 2.18. The van der Waals surface area contributed by atoms with Gasteiger partial charge in [0.25, 0.3) is 0 Å². The van der Waals surface area contributed by atoms with E-state index < -0.39 is 5.82 Å². The van der Waals surface area contributed by atoms with Crippen LogP contribution in [0.1, 0.15) is 24.8 Å². The van der Waals surface area contributed by atoms with E-state index in [1.165, 1.54) is 12.1 Å². The van der Waals surface area contributed by atoms with Crippen LogP contribution in [0.4, 0.5) is 4.39 Å². The topological polar surface area (TPSA) is 55.1 Å². The molecule has 1 amide bonds. The molecule has 0 saturated heterocycles. The van der Waals surface area contributed by atoms with Gasteiger partial charge < -0.3 is 11.1 Å². The van der Waals surface area contributed by atoms with Crippen molar-refractivity contribution in [2.45, 2.75) is 37.8 Å². The molecule has 1 aliphatic carbocycles. The maximum atomic E-state index is 13.1. The van der Waals surface area contributed by atoms with Gasteiger partial charge >= 0.3 is 0 Å². The van der Waals surface area contributed by atoms with Crippen molar-refractivity contribution in [2.75, 3.05) is 0 Å². The number of carbonyl (C=O) groups excluding carboxylic acids is 1. The van der Waals surface area contributed by atoms with Gasteiger partial charge in [0.2, 0.25) is 5.91 Å². The Labute approximate surface area is 111 Å². The Morgan fingerprint density at radius 3 is 2.83 bits per heavy atom. The van der Waals surface area contributed by atoms with Gasteiger partial charge in [-0.1, -0.05) is 11.6 Å². The van der Waals surface area contributed by atoms with Crippen LogP contribution < -0.4 is 11.1 Å². The molecule has 1 aliphatic rings. The van der Waals surface area contributed by atoms with Gasteiger partial charge in [-0.05, 0) is 43.0 Å². The van der Waals surface area contributed by atoms with E-state index in [1.807, 2.05) is 0 Å². The number of nitrogens with two attached hydrogens (primary N) is 1. The number of benzene rings is 1. The fourth-order valence-electron chi connectivity index (χ4n) is 2.32. The zero-order chi connectivity index (χ0) is 13.1. The van der Waals surface area contributed by atoms with Gasteiger partial charge in [-0.15, -0.1) is 0 Å². The number of rotatable bonds is 3. The summed E-state index contributed by atoms with van der Waals surface area (Å²) in [6.07, 6.45) is 2.81. The molecule has 0 aromatic heterocycles. The van der Waals surface area contributed by atoms with E-state index in [4.69, 9.17) is 17.3 Å². The highest BCUT2D eigenvalue weighted by Gasteiger charge is 2.23. The lowest BCUT2D eigenvalue weighted by Gasteiger charge is -2.12. The van der Waals surface area contributed by atoms with E-state index in [0.717, 1.165) is 19.3 Å². The molecule has 0 heterocycles. The monoisotopic (exact) mass is 270 g/mol. The molecule has 0 aliphatic heterocycles. The van der Waals surface area contributed by atoms with Crippen LogP contribution in [-0.2, 0) is 11.2 Å². The summed E-state index contributed by atoms with van der Waals surface area (Å²) in [5, 5.41) is 3.22. The summed E-state index contributed by atoms with van der Waals surface area (Å²) in [4.78, 5) is 11.8. The molecule has 1 aromatic rings. The standard InChI is InChI=1S/C13H16ClFN2O/c14-9-3-8(4-10(15)6-9)5-13(18)17-12-2-1-11(16)7-12/h3-4,6,11-12H,1-2,5,7,16H2,(H,17,18)/t11-,12-/m0/s1. The number of amides is 1. The van der Waals surface area contributed by atoms with E-state index in [0.29, 0.717) is 10.6 Å². The predicted octanol–water partition coefficient (Wildman–Crippen LogP) is 2.02. The molecule has 3 nitrogen and oxygen atoms in total. The van der Waals surface area contributed by atoms with E-state index in [1.54, 1.807) is 6.07 Å². The number of carbonyl (C=O) groups is 1. The molecule has 98 valence electrons. The van der Waals surface area contributed by atoms with Crippen molar-refractivity contribution < 1.29 is 9.18 Å². The maximum absolute atomic E-state index is 13.1.